The summed E-state index contributed by atoms with van der Waals surface area (Å²) >= 11 is 0. The summed E-state index contributed by atoms with van der Waals surface area (Å²) < 4.78 is 4.16. The van der Waals surface area contributed by atoms with E-state index in [0.29, 0.717) is 0 Å². The monoisotopic (exact) mass is 297 g/mol. The van der Waals surface area contributed by atoms with Crippen LogP contribution in [0.15, 0.2) is 28.3 Å². The Morgan fingerprint density at radius 3 is 2.40 bits per heavy atom. The van der Waals surface area contributed by atoms with Crippen LogP contribution in [-0.2, 0) is 20.3 Å². The van der Waals surface area contributed by atoms with Crippen molar-refractivity contribution in [3.8, 4) is 0 Å². The highest BCUT2D eigenvalue weighted by Gasteiger charge is 2.25. The molecule has 0 atom stereocenters. The lowest BCUT2D eigenvalue weighted by Crippen LogP contribution is -2.34. The smallest absolute Gasteiger partial charge is 0.298 e. The van der Waals surface area contributed by atoms with Crippen LogP contribution in [0.3, 0.4) is 0 Å². The van der Waals surface area contributed by atoms with Gasteiger partial charge in [0.2, 0.25) is 5.91 Å². The second kappa shape index (κ2) is 7.99. The summed E-state index contributed by atoms with van der Waals surface area (Å²) in [7, 11) is 3.26. The fourth-order valence-corrected chi connectivity index (χ4v) is 3.79. The van der Waals surface area contributed by atoms with E-state index < -0.39 is 0 Å². The first kappa shape index (κ1) is 16.6. The normalized spacial score (nSPS) is 23.6. The SMILES string of the molecule is C/C=C/C=C(\N)C(=O)N=S1CCC(C(=O)N(C)C)CC1. The van der Waals surface area contributed by atoms with Crippen LogP contribution in [0.2, 0.25) is 0 Å². The summed E-state index contributed by atoms with van der Waals surface area (Å²) in [5, 5.41) is 0. The quantitative estimate of drug-likeness (QED) is 0.629. The lowest BCUT2D eigenvalue weighted by molar-refractivity contribution is -0.133. The average Bonchev–Trinajstić information content (AvgIpc) is 2.44. The van der Waals surface area contributed by atoms with E-state index in [4.69, 9.17) is 5.73 Å². The molecule has 0 saturated carbocycles. The van der Waals surface area contributed by atoms with Crippen LogP contribution in [0.25, 0.3) is 0 Å². The van der Waals surface area contributed by atoms with Gasteiger partial charge in [-0.15, -0.1) is 0 Å². The molecule has 0 bridgehead atoms. The van der Waals surface area contributed by atoms with Crippen molar-refractivity contribution in [2.75, 3.05) is 25.6 Å². The molecule has 1 aliphatic rings. The maximum absolute atomic E-state index is 11.8. The van der Waals surface area contributed by atoms with Crippen LogP contribution in [0.4, 0.5) is 0 Å². The molecule has 1 fully saturated rings. The lowest BCUT2D eigenvalue weighted by atomic mass is 10.0. The Morgan fingerprint density at radius 1 is 1.30 bits per heavy atom. The molecule has 6 heteroatoms. The van der Waals surface area contributed by atoms with E-state index in [0.717, 1.165) is 24.3 Å². The molecule has 1 saturated heterocycles. The highest BCUT2D eigenvalue weighted by atomic mass is 32.2. The van der Waals surface area contributed by atoms with Gasteiger partial charge in [0.15, 0.2) is 0 Å². The standard InChI is InChI=1S/C14H23N3O2S/c1-4-5-6-12(15)13(18)16-20-9-7-11(8-10-20)14(19)17(2)3/h4-6,11H,7-10,15H2,1-3H3/b5-4+,12-6-. The number of carbonyl (C=O) groups is 2. The Labute approximate surface area is 123 Å². The van der Waals surface area contributed by atoms with Crippen LogP contribution in [-0.4, -0.2) is 42.3 Å². The van der Waals surface area contributed by atoms with Crippen LogP contribution in [0.1, 0.15) is 19.8 Å². The van der Waals surface area contributed by atoms with Gasteiger partial charge < -0.3 is 10.6 Å². The van der Waals surface area contributed by atoms with E-state index in [2.05, 4.69) is 4.36 Å². The molecule has 0 spiro atoms. The third kappa shape index (κ3) is 4.92. The van der Waals surface area contributed by atoms with E-state index in [1.54, 1.807) is 37.2 Å². The predicted molar refractivity (Wildman–Crippen MR) is 83.0 cm³/mol. The van der Waals surface area contributed by atoms with Gasteiger partial charge in [0, 0.05) is 31.5 Å². The molecule has 2 N–H and O–H groups in total. The molecule has 20 heavy (non-hydrogen) atoms. The molecule has 1 heterocycles. The zero-order valence-corrected chi connectivity index (χ0v) is 13.2. The lowest BCUT2D eigenvalue weighted by Gasteiger charge is -2.25. The molecule has 0 unspecified atom stereocenters. The Hall–Kier alpha value is -1.43. The number of rotatable bonds is 3. The van der Waals surface area contributed by atoms with Gasteiger partial charge in [0.05, 0.1) is 0 Å². The van der Waals surface area contributed by atoms with Crippen molar-refractivity contribution in [1.82, 2.24) is 4.90 Å². The first-order chi connectivity index (χ1) is 9.45. The summed E-state index contributed by atoms with van der Waals surface area (Å²) in [5.74, 6) is 1.51. The molecular formula is C14H23N3O2S. The Bertz CT molecular complexity index is 457. The molecule has 0 aromatic carbocycles. The number of amides is 2. The van der Waals surface area contributed by atoms with Crippen LogP contribution >= 0.6 is 0 Å². The second-order valence-corrected chi connectivity index (χ2v) is 6.85. The zero-order valence-electron chi connectivity index (χ0n) is 12.3. The number of carbonyl (C=O) groups excluding carboxylic acids is 2. The second-order valence-electron chi connectivity index (χ2n) is 4.92. The summed E-state index contributed by atoms with van der Waals surface area (Å²) in [5.41, 5.74) is 5.81. The van der Waals surface area contributed by atoms with Crippen molar-refractivity contribution in [3.63, 3.8) is 0 Å². The van der Waals surface area contributed by atoms with Crippen molar-refractivity contribution in [2.24, 2.45) is 16.0 Å². The van der Waals surface area contributed by atoms with E-state index in [-0.39, 0.29) is 34.1 Å². The number of nitrogens with two attached hydrogens (primary N) is 1. The van der Waals surface area contributed by atoms with Crippen LogP contribution < -0.4 is 5.73 Å². The fraction of sp³-hybridized carbons (Fsp3) is 0.571. The number of hydrogen-bond acceptors (Lipinski definition) is 3. The summed E-state index contributed by atoms with van der Waals surface area (Å²) in [4.78, 5) is 25.3. The molecule has 5 nitrogen and oxygen atoms in total. The van der Waals surface area contributed by atoms with Gasteiger partial charge in [-0.25, -0.2) is 0 Å². The molecular weight excluding hydrogens is 274 g/mol. The Morgan fingerprint density at radius 2 is 1.90 bits per heavy atom. The molecule has 0 aromatic rings. The van der Waals surface area contributed by atoms with Crippen LogP contribution in [0.5, 0.6) is 0 Å². The van der Waals surface area contributed by atoms with Gasteiger partial charge in [-0.1, -0.05) is 22.8 Å². The maximum Gasteiger partial charge on any atom is 0.298 e. The molecule has 1 aliphatic heterocycles. The average molecular weight is 297 g/mol. The number of allylic oxidation sites excluding steroid dienone is 3. The van der Waals surface area contributed by atoms with Gasteiger partial charge in [-0.05, 0) is 25.8 Å². The summed E-state index contributed by atoms with van der Waals surface area (Å²) in [6, 6.07) is 0. The molecule has 112 valence electrons. The van der Waals surface area contributed by atoms with Gasteiger partial charge in [-0.2, -0.15) is 4.36 Å². The number of hydrogen-bond donors (Lipinski definition) is 1. The molecule has 0 radical (unpaired) electrons. The largest absolute Gasteiger partial charge is 0.394 e. The summed E-state index contributed by atoms with van der Waals surface area (Å²) in [6.07, 6.45) is 6.70. The van der Waals surface area contributed by atoms with Gasteiger partial charge in [0.25, 0.3) is 5.91 Å². The molecule has 2 amide bonds. The minimum Gasteiger partial charge on any atom is -0.394 e. The minimum atomic E-state index is -0.344. The van der Waals surface area contributed by atoms with Crippen molar-refractivity contribution >= 4 is 22.5 Å². The number of nitrogens with zero attached hydrogens (tertiary/aromatic N) is 2. The van der Waals surface area contributed by atoms with E-state index in [1.165, 1.54) is 0 Å². The predicted octanol–water partition coefficient (Wildman–Crippen LogP) is 1.23. The van der Waals surface area contributed by atoms with Gasteiger partial charge in [-0.3, -0.25) is 9.59 Å². The maximum atomic E-state index is 11.8. The van der Waals surface area contributed by atoms with Crippen molar-refractivity contribution < 1.29 is 9.59 Å². The first-order valence-electron chi connectivity index (χ1n) is 6.69. The van der Waals surface area contributed by atoms with E-state index in [1.807, 2.05) is 6.92 Å². The fourth-order valence-electron chi connectivity index (χ4n) is 1.95. The van der Waals surface area contributed by atoms with Crippen molar-refractivity contribution in [1.29, 1.82) is 0 Å². The highest BCUT2D eigenvalue weighted by Crippen LogP contribution is 2.19. The molecule has 1 rings (SSSR count). The van der Waals surface area contributed by atoms with Gasteiger partial charge >= 0.3 is 0 Å². The third-order valence-corrected chi connectivity index (χ3v) is 4.96. The van der Waals surface area contributed by atoms with Crippen LogP contribution in [0, 0.1) is 5.92 Å². The minimum absolute atomic E-state index is 0.0787. The topological polar surface area (TPSA) is 75.8 Å². The molecule has 0 aliphatic carbocycles. The zero-order chi connectivity index (χ0) is 15.1. The van der Waals surface area contributed by atoms with E-state index >= 15 is 0 Å². The van der Waals surface area contributed by atoms with Crippen molar-refractivity contribution in [2.45, 2.75) is 19.8 Å². The summed E-state index contributed by atoms with van der Waals surface area (Å²) in [6.45, 7) is 1.86. The Balaban J connectivity index is 2.59. The van der Waals surface area contributed by atoms with Gasteiger partial charge in [0.1, 0.15) is 5.70 Å². The Kier molecular flexibility index (Phi) is 6.64. The first-order valence-corrected chi connectivity index (χ1v) is 8.21. The third-order valence-electron chi connectivity index (χ3n) is 3.12. The van der Waals surface area contributed by atoms with Crippen molar-refractivity contribution in [3.05, 3.63) is 23.9 Å². The highest BCUT2D eigenvalue weighted by molar-refractivity contribution is 7.87. The molecule has 0 aromatic heterocycles. The van der Waals surface area contributed by atoms with E-state index in [9.17, 15) is 9.59 Å².